The molecule has 0 aliphatic heterocycles. The summed E-state index contributed by atoms with van der Waals surface area (Å²) < 4.78 is 0. The van der Waals surface area contributed by atoms with Crippen molar-refractivity contribution in [1.29, 1.82) is 0 Å². The summed E-state index contributed by atoms with van der Waals surface area (Å²) in [5.41, 5.74) is 5.59. The average molecular weight is 279 g/mol. The van der Waals surface area contributed by atoms with Crippen LogP contribution in [0.25, 0.3) is 22.3 Å². The lowest BCUT2D eigenvalue weighted by atomic mass is 10.1. The molecule has 0 spiro atoms. The van der Waals surface area contributed by atoms with Gasteiger partial charge in [0.1, 0.15) is 0 Å². The Bertz CT molecular complexity index is 782. The van der Waals surface area contributed by atoms with E-state index in [1.165, 1.54) is 0 Å². The number of para-hydroxylation sites is 1. The van der Waals surface area contributed by atoms with Crippen molar-refractivity contribution >= 4 is 22.4 Å². The Morgan fingerprint density at radius 1 is 1.00 bits per heavy atom. The first-order valence-corrected chi connectivity index (χ1v) is 6.70. The number of hydrogen-bond donors (Lipinski definition) is 2. The first kappa shape index (κ1) is 13.3. The molecule has 0 fully saturated rings. The molecule has 21 heavy (non-hydrogen) atoms. The normalized spacial score (nSPS) is 10.6. The van der Waals surface area contributed by atoms with E-state index in [2.05, 4.69) is 21.5 Å². The Morgan fingerprint density at radius 3 is 2.57 bits per heavy atom. The molecule has 0 aliphatic carbocycles. The molecule has 3 rings (SSSR count). The third-order valence-corrected chi connectivity index (χ3v) is 3.36. The summed E-state index contributed by atoms with van der Waals surface area (Å²) >= 11 is 0. The molecule has 0 amide bonds. The maximum absolute atomic E-state index is 5.59. The number of hydrogen-bond acceptors (Lipinski definition) is 5. The van der Waals surface area contributed by atoms with Gasteiger partial charge in [0.15, 0.2) is 11.6 Å². The quantitative estimate of drug-likeness (QED) is 0.570. The largest absolute Gasteiger partial charge is 0.378 e. The van der Waals surface area contributed by atoms with Crippen molar-refractivity contribution in [3.63, 3.8) is 0 Å². The Labute approximate surface area is 123 Å². The predicted octanol–water partition coefficient (Wildman–Crippen LogP) is 2.65. The molecular formula is C16H17N5. The van der Waals surface area contributed by atoms with Gasteiger partial charge >= 0.3 is 0 Å². The van der Waals surface area contributed by atoms with Crippen molar-refractivity contribution in [1.82, 2.24) is 9.97 Å². The van der Waals surface area contributed by atoms with E-state index in [0.29, 0.717) is 11.6 Å². The highest BCUT2D eigenvalue weighted by Crippen LogP contribution is 2.26. The van der Waals surface area contributed by atoms with Gasteiger partial charge < -0.3 is 10.3 Å². The number of benzene rings is 2. The molecule has 5 heteroatoms. The Balaban J connectivity index is 2.18. The van der Waals surface area contributed by atoms with E-state index in [0.717, 1.165) is 22.2 Å². The molecule has 106 valence electrons. The summed E-state index contributed by atoms with van der Waals surface area (Å²) in [7, 11) is 4.01. The van der Waals surface area contributed by atoms with Crippen LogP contribution in [-0.2, 0) is 0 Å². The van der Waals surface area contributed by atoms with Crippen LogP contribution in [0.4, 0.5) is 11.5 Å². The Morgan fingerprint density at radius 2 is 1.81 bits per heavy atom. The topological polar surface area (TPSA) is 67.1 Å². The first-order valence-electron chi connectivity index (χ1n) is 6.70. The van der Waals surface area contributed by atoms with Gasteiger partial charge in [0.25, 0.3) is 0 Å². The molecule has 0 unspecified atom stereocenters. The van der Waals surface area contributed by atoms with Crippen LogP contribution in [0.3, 0.4) is 0 Å². The van der Waals surface area contributed by atoms with Gasteiger partial charge in [0, 0.05) is 30.7 Å². The lowest BCUT2D eigenvalue weighted by molar-refractivity contribution is 1.13. The molecule has 2 aromatic carbocycles. The summed E-state index contributed by atoms with van der Waals surface area (Å²) in [4.78, 5) is 11.2. The third-order valence-electron chi connectivity index (χ3n) is 3.36. The number of nitrogens with two attached hydrogens (primary N) is 1. The van der Waals surface area contributed by atoms with Crippen LogP contribution in [0.2, 0.25) is 0 Å². The summed E-state index contributed by atoms with van der Waals surface area (Å²) in [6, 6.07) is 15.9. The van der Waals surface area contributed by atoms with Crippen LogP contribution in [0.1, 0.15) is 0 Å². The molecule has 3 N–H and O–H groups in total. The number of aromatic nitrogens is 2. The molecule has 0 radical (unpaired) electrons. The fourth-order valence-electron chi connectivity index (χ4n) is 2.24. The smallest absolute Gasteiger partial charge is 0.162 e. The summed E-state index contributed by atoms with van der Waals surface area (Å²) in [6.07, 6.45) is 0. The van der Waals surface area contributed by atoms with Crippen LogP contribution in [0.5, 0.6) is 0 Å². The van der Waals surface area contributed by atoms with Gasteiger partial charge in [-0.15, -0.1) is 0 Å². The van der Waals surface area contributed by atoms with Gasteiger partial charge in [-0.05, 0) is 24.3 Å². The maximum atomic E-state index is 5.59. The molecule has 0 bridgehead atoms. The van der Waals surface area contributed by atoms with Crippen molar-refractivity contribution < 1.29 is 0 Å². The highest BCUT2D eigenvalue weighted by atomic mass is 15.3. The predicted molar refractivity (Wildman–Crippen MR) is 87.1 cm³/mol. The lowest BCUT2D eigenvalue weighted by Crippen LogP contribution is -2.10. The minimum atomic E-state index is 0.630. The second-order valence-corrected chi connectivity index (χ2v) is 5.00. The van der Waals surface area contributed by atoms with E-state index >= 15 is 0 Å². The van der Waals surface area contributed by atoms with Crippen LogP contribution < -0.4 is 16.2 Å². The van der Waals surface area contributed by atoms with Crippen LogP contribution in [0, 0.1) is 0 Å². The molecule has 3 aromatic rings. The second-order valence-electron chi connectivity index (χ2n) is 5.00. The van der Waals surface area contributed by atoms with E-state index in [1.54, 1.807) is 0 Å². The Kier molecular flexibility index (Phi) is 3.41. The SMILES string of the molecule is CN(C)c1cccc(-c2nc(NN)c3ccccc3n2)c1. The van der Waals surface area contributed by atoms with Crippen molar-refractivity contribution in [3.8, 4) is 11.4 Å². The second kappa shape index (κ2) is 5.38. The minimum Gasteiger partial charge on any atom is -0.378 e. The molecule has 0 aliphatic rings. The number of rotatable bonds is 3. The molecule has 5 nitrogen and oxygen atoms in total. The summed E-state index contributed by atoms with van der Waals surface area (Å²) in [6.45, 7) is 0. The van der Waals surface area contributed by atoms with Crippen molar-refractivity contribution in [2.45, 2.75) is 0 Å². The van der Waals surface area contributed by atoms with Crippen LogP contribution in [-0.4, -0.2) is 24.1 Å². The highest BCUT2D eigenvalue weighted by Gasteiger charge is 2.09. The number of anilines is 2. The van der Waals surface area contributed by atoms with E-state index in [9.17, 15) is 0 Å². The molecule has 1 aromatic heterocycles. The van der Waals surface area contributed by atoms with Crippen molar-refractivity contribution in [2.24, 2.45) is 5.84 Å². The third kappa shape index (κ3) is 2.51. The number of nitrogens with one attached hydrogen (secondary N) is 1. The minimum absolute atomic E-state index is 0.630. The number of nitrogen functional groups attached to an aromatic ring is 1. The number of hydrazine groups is 1. The first-order chi connectivity index (χ1) is 10.2. The zero-order chi connectivity index (χ0) is 14.8. The summed E-state index contributed by atoms with van der Waals surface area (Å²) in [5, 5.41) is 0.910. The van der Waals surface area contributed by atoms with E-state index in [-0.39, 0.29) is 0 Å². The molecule has 1 heterocycles. The Hall–Kier alpha value is -2.66. The van der Waals surface area contributed by atoms with E-state index in [1.807, 2.05) is 61.5 Å². The van der Waals surface area contributed by atoms with Gasteiger partial charge in [-0.3, -0.25) is 0 Å². The van der Waals surface area contributed by atoms with Gasteiger partial charge in [-0.25, -0.2) is 15.8 Å². The zero-order valence-corrected chi connectivity index (χ0v) is 12.0. The van der Waals surface area contributed by atoms with Gasteiger partial charge in [-0.2, -0.15) is 0 Å². The standard InChI is InChI=1S/C16H17N5/c1-21(2)12-7-5-6-11(10-12)15-18-14-9-4-3-8-13(14)16(19-15)20-17/h3-10H,17H2,1-2H3,(H,18,19,20). The van der Waals surface area contributed by atoms with Gasteiger partial charge in [0.05, 0.1) is 5.52 Å². The lowest BCUT2D eigenvalue weighted by Gasteiger charge is -2.14. The maximum Gasteiger partial charge on any atom is 0.162 e. The monoisotopic (exact) mass is 279 g/mol. The number of nitrogens with zero attached hydrogens (tertiary/aromatic N) is 3. The average Bonchev–Trinajstić information content (AvgIpc) is 2.53. The van der Waals surface area contributed by atoms with Crippen LogP contribution in [0.15, 0.2) is 48.5 Å². The zero-order valence-electron chi connectivity index (χ0n) is 12.0. The van der Waals surface area contributed by atoms with E-state index < -0.39 is 0 Å². The molecule has 0 saturated heterocycles. The van der Waals surface area contributed by atoms with E-state index in [4.69, 9.17) is 5.84 Å². The molecule has 0 atom stereocenters. The number of fused-ring (bicyclic) bond motifs is 1. The fourth-order valence-corrected chi connectivity index (χ4v) is 2.24. The fraction of sp³-hybridized carbons (Fsp3) is 0.125. The molecule has 0 saturated carbocycles. The highest BCUT2D eigenvalue weighted by molar-refractivity contribution is 5.90. The van der Waals surface area contributed by atoms with Crippen molar-refractivity contribution in [2.75, 3.05) is 24.4 Å². The van der Waals surface area contributed by atoms with Crippen molar-refractivity contribution in [3.05, 3.63) is 48.5 Å². The van der Waals surface area contributed by atoms with Gasteiger partial charge in [-0.1, -0.05) is 24.3 Å². The van der Waals surface area contributed by atoms with Gasteiger partial charge in [0.2, 0.25) is 0 Å². The van der Waals surface area contributed by atoms with Crippen LogP contribution >= 0.6 is 0 Å². The molecular weight excluding hydrogens is 262 g/mol. The summed E-state index contributed by atoms with van der Waals surface area (Å²) in [5.74, 6) is 6.88.